The van der Waals surface area contributed by atoms with Crippen molar-refractivity contribution in [3.8, 4) is 0 Å². The highest BCUT2D eigenvalue weighted by molar-refractivity contribution is 6.06. The van der Waals surface area contributed by atoms with Crippen LogP contribution < -0.4 is 5.32 Å². The van der Waals surface area contributed by atoms with Gasteiger partial charge >= 0.3 is 6.18 Å². The van der Waals surface area contributed by atoms with Gasteiger partial charge in [0.2, 0.25) is 5.91 Å². The van der Waals surface area contributed by atoms with Crippen molar-refractivity contribution in [1.82, 2.24) is 0 Å². The maximum Gasteiger partial charge on any atom is 0.416 e. The van der Waals surface area contributed by atoms with Crippen molar-refractivity contribution in [3.63, 3.8) is 0 Å². The Morgan fingerprint density at radius 1 is 1.16 bits per heavy atom. The van der Waals surface area contributed by atoms with E-state index in [1.807, 2.05) is 13.8 Å². The second-order valence-electron chi connectivity index (χ2n) is 4.81. The number of hydrogen-bond donors (Lipinski definition) is 1. The highest BCUT2D eigenvalue weighted by Gasteiger charge is 2.46. The van der Waals surface area contributed by atoms with E-state index in [1.165, 1.54) is 13.8 Å². The average molecular weight is 273 g/mol. The van der Waals surface area contributed by atoms with E-state index >= 15 is 0 Å². The number of carbonyl (C=O) groups excluding carboxylic acids is 1. The van der Waals surface area contributed by atoms with E-state index < -0.39 is 23.1 Å². The largest absolute Gasteiger partial charge is 0.416 e. The van der Waals surface area contributed by atoms with Crippen LogP contribution in [0.4, 0.5) is 18.9 Å². The lowest BCUT2D eigenvalue weighted by Crippen LogP contribution is -2.29. The lowest BCUT2D eigenvalue weighted by Gasteiger charge is -2.21. The quantitative estimate of drug-likeness (QED) is 0.751. The van der Waals surface area contributed by atoms with E-state index in [1.54, 1.807) is 13.0 Å². The Morgan fingerprint density at radius 3 is 2.16 bits per heavy atom. The van der Waals surface area contributed by atoms with Crippen molar-refractivity contribution in [2.75, 3.05) is 5.32 Å². The molecule has 0 unspecified atom stereocenters. The third-order valence-corrected chi connectivity index (χ3v) is 3.03. The second-order valence-corrected chi connectivity index (χ2v) is 4.81. The Balaban J connectivity index is 0.000000861. The molecule has 1 amide bonds. The number of nitrogens with one attached hydrogen (secondary N) is 1. The minimum absolute atomic E-state index is 0.0422. The van der Waals surface area contributed by atoms with Crippen molar-refractivity contribution in [3.05, 3.63) is 28.8 Å². The van der Waals surface area contributed by atoms with Gasteiger partial charge in [-0.25, -0.2) is 0 Å². The fraction of sp³-hybridized carbons (Fsp3) is 0.500. The standard InChI is InChI=1S/C12H12F3NO.C2H6/c1-6-4-7(12(13,14)15)9-8(5-6)16-10(17)11(9,2)3;1-2/h4-5H,1-3H3,(H,16,17);1-2H3. The SMILES string of the molecule is CC.Cc1cc2c(c(C(F)(F)F)c1)C(C)(C)C(=O)N2. The molecule has 1 aliphatic rings. The van der Waals surface area contributed by atoms with E-state index in [-0.39, 0.29) is 11.3 Å². The average Bonchev–Trinajstić information content (AvgIpc) is 2.50. The van der Waals surface area contributed by atoms with Crippen LogP contribution >= 0.6 is 0 Å². The highest BCUT2D eigenvalue weighted by Crippen LogP contribution is 2.45. The van der Waals surface area contributed by atoms with Crippen LogP contribution in [-0.4, -0.2) is 5.91 Å². The van der Waals surface area contributed by atoms with Crippen LogP contribution in [-0.2, 0) is 16.4 Å². The summed E-state index contributed by atoms with van der Waals surface area (Å²) >= 11 is 0. The van der Waals surface area contributed by atoms with E-state index in [4.69, 9.17) is 0 Å². The third kappa shape index (κ3) is 2.60. The van der Waals surface area contributed by atoms with Crippen molar-refractivity contribution < 1.29 is 18.0 Å². The fourth-order valence-electron chi connectivity index (χ4n) is 2.17. The van der Waals surface area contributed by atoms with E-state index in [9.17, 15) is 18.0 Å². The van der Waals surface area contributed by atoms with Gasteiger partial charge in [0.1, 0.15) is 0 Å². The second kappa shape index (κ2) is 4.87. The summed E-state index contributed by atoms with van der Waals surface area (Å²) in [6.45, 7) is 8.57. The molecule has 19 heavy (non-hydrogen) atoms. The summed E-state index contributed by atoms with van der Waals surface area (Å²) in [7, 11) is 0. The molecule has 0 fully saturated rings. The maximum absolute atomic E-state index is 13.0. The summed E-state index contributed by atoms with van der Waals surface area (Å²) in [4.78, 5) is 11.7. The zero-order valence-corrected chi connectivity index (χ0v) is 11.7. The molecular formula is C14H18F3NO. The maximum atomic E-state index is 13.0. The molecule has 0 radical (unpaired) electrons. The van der Waals surface area contributed by atoms with E-state index in [0.29, 0.717) is 5.56 Å². The normalized spacial score (nSPS) is 16.3. The number of benzene rings is 1. The van der Waals surface area contributed by atoms with Crippen molar-refractivity contribution >= 4 is 11.6 Å². The highest BCUT2D eigenvalue weighted by atomic mass is 19.4. The molecule has 0 aromatic heterocycles. The van der Waals surface area contributed by atoms with Gasteiger partial charge in [-0.1, -0.05) is 13.8 Å². The minimum Gasteiger partial charge on any atom is -0.325 e. The van der Waals surface area contributed by atoms with Crippen LogP contribution in [0.25, 0.3) is 0 Å². The summed E-state index contributed by atoms with van der Waals surface area (Å²) < 4.78 is 38.9. The number of anilines is 1. The fourth-order valence-corrected chi connectivity index (χ4v) is 2.17. The number of fused-ring (bicyclic) bond motifs is 1. The van der Waals surface area contributed by atoms with Gasteiger partial charge in [-0.2, -0.15) is 13.2 Å². The first-order valence-electron chi connectivity index (χ1n) is 6.18. The predicted molar refractivity (Wildman–Crippen MR) is 69.2 cm³/mol. The summed E-state index contributed by atoms with van der Waals surface area (Å²) in [6.07, 6.45) is -4.44. The number of alkyl halides is 3. The number of rotatable bonds is 0. The molecular weight excluding hydrogens is 255 g/mol. The number of halogens is 3. The van der Waals surface area contributed by atoms with Crippen molar-refractivity contribution in [2.45, 2.75) is 46.2 Å². The van der Waals surface area contributed by atoms with Gasteiger partial charge in [0.05, 0.1) is 11.0 Å². The summed E-state index contributed by atoms with van der Waals surface area (Å²) in [6, 6.07) is 2.65. The van der Waals surface area contributed by atoms with Gasteiger partial charge in [0.15, 0.2) is 0 Å². The van der Waals surface area contributed by atoms with Gasteiger partial charge in [0.25, 0.3) is 0 Å². The molecule has 1 aromatic carbocycles. The lowest BCUT2D eigenvalue weighted by molar-refractivity contribution is -0.138. The van der Waals surface area contributed by atoms with Gasteiger partial charge in [-0.05, 0) is 38.5 Å². The first-order chi connectivity index (χ1) is 8.64. The van der Waals surface area contributed by atoms with Crippen LogP contribution in [0.2, 0.25) is 0 Å². The van der Waals surface area contributed by atoms with Gasteiger partial charge in [0, 0.05) is 11.3 Å². The van der Waals surface area contributed by atoms with Crippen LogP contribution in [0, 0.1) is 6.92 Å². The van der Waals surface area contributed by atoms with Crippen LogP contribution in [0.1, 0.15) is 44.4 Å². The molecule has 0 bridgehead atoms. The molecule has 0 atom stereocenters. The predicted octanol–water partition coefficient (Wildman–Crippen LogP) is 4.27. The minimum atomic E-state index is -4.44. The van der Waals surface area contributed by atoms with Crippen molar-refractivity contribution in [1.29, 1.82) is 0 Å². The number of amides is 1. The molecule has 1 N–H and O–H groups in total. The first kappa shape index (κ1) is 15.5. The topological polar surface area (TPSA) is 29.1 Å². The van der Waals surface area contributed by atoms with E-state index in [0.717, 1.165) is 6.07 Å². The molecule has 1 aliphatic heterocycles. The first-order valence-corrected chi connectivity index (χ1v) is 6.18. The van der Waals surface area contributed by atoms with Gasteiger partial charge < -0.3 is 5.32 Å². The van der Waals surface area contributed by atoms with Gasteiger partial charge in [-0.15, -0.1) is 0 Å². The van der Waals surface area contributed by atoms with Gasteiger partial charge in [-0.3, -0.25) is 4.79 Å². The van der Waals surface area contributed by atoms with E-state index in [2.05, 4.69) is 5.32 Å². The Hall–Kier alpha value is -1.52. The molecule has 2 rings (SSSR count). The molecule has 0 saturated carbocycles. The Labute approximate surface area is 111 Å². The van der Waals surface area contributed by atoms with Crippen LogP contribution in [0.3, 0.4) is 0 Å². The number of aryl methyl sites for hydroxylation is 1. The molecule has 1 aromatic rings. The summed E-state index contributed by atoms with van der Waals surface area (Å²) in [5, 5.41) is 2.50. The zero-order valence-electron chi connectivity index (χ0n) is 11.7. The Morgan fingerprint density at radius 2 is 1.68 bits per heavy atom. The molecule has 0 saturated heterocycles. The van der Waals surface area contributed by atoms with Crippen LogP contribution in [0.15, 0.2) is 12.1 Å². The summed E-state index contributed by atoms with van der Waals surface area (Å²) in [5.41, 5.74) is -1.08. The monoisotopic (exact) mass is 273 g/mol. The molecule has 0 spiro atoms. The molecule has 106 valence electrons. The molecule has 5 heteroatoms. The Kier molecular flexibility index (Phi) is 3.98. The van der Waals surface area contributed by atoms with Crippen molar-refractivity contribution in [2.24, 2.45) is 0 Å². The third-order valence-electron chi connectivity index (χ3n) is 3.03. The number of carbonyl (C=O) groups is 1. The smallest absolute Gasteiger partial charge is 0.325 e. The molecule has 1 heterocycles. The van der Waals surface area contributed by atoms with Crippen LogP contribution in [0.5, 0.6) is 0 Å². The zero-order chi connectivity index (χ0) is 15.0. The Bertz CT molecular complexity index is 504. The molecule has 2 nitrogen and oxygen atoms in total. The number of hydrogen-bond acceptors (Lipinski definition) is 1. The molecule has 0 aliphatic carbocycles. The summed E-state index contributed by atoms with van der Waals surface area (Å²) in [5.74, 6) is -0.399. The lowest BCUT2D eigenvalue weighted by atomic mass is 9.82.